The minimum Gasteiger partial charge on any atom is -0.291 e. The van der Waals surface area contributed by atoms with E-state index < -0.39 is 0 Å². The summed E-state index contributed by atoms with van der Waals surface area (Å²) >= 11 is 9.54. The van der Waals surface area contributed by atoms with E-state index in [1.807, 2.05) is 34.0 Å². The van der Waals surface area contributed by atoms with Gasteiger partial charge < -0.3 is 0 Å². The van der Waals surface area contributed by atoms with Gasteiger partial charge in [0.05, 0.1) is 16.4 Å². The normalized spacial score (nSPS) is 11.1. The van der Waals surface area contributed by atoms with Crippen molar-refractivity contribution in [2.45, 2.75) is 6.54 Å². The summed E-state index contributed by atoms with van der Waals surface area (Å²) in [5.74, 6) is 0.505. The van der Waals surface area contributed by atoms with E-state index in [1.165, 1.54) is 28.4 Å². The highest BCUT2D eigenvalue weighted by Gasteiger charge is 2.09. The monoisotopic (exact) mass is 404 g/mol. The molecular weight excluding hydrogens is 399 g/mol. The van der Waals surface area contributed by atoms with Crippen LogP contribution >= 0.6 is 45.5 Å². The molecule has 0 aliphatic rings. The minimum absolute atomic E-state index is 0.110. The number of fused-ring (bicyclic) bond motifs is 1. The molecule has 3 heterocycles. The lowest BCUT2D eigenvalue weighted by molar-refractivity contribution is 0.696. The average molecular weight is 405 g/mol. The van der Waals surface area contributed by atoms with Crippen molar-refractivity contribution in [3.63, 3.8) is 0 Å². The largest absolute Gasteiger partial charge is 0.291 e. The summed E-state index contributed by atoms with van der Waals surface area (Å²) in [6.07, 6.45) is 3.00. The summed E-state index contributed by atoms with van der Waals surface area (Å²) in [5, 5.41) is 3.16. The summed E-state index contributed by atoms with van der Waals surface area (Å²) in [6, 6.07) is 1.88. The van der Waals surface area contributed by atoms with Gasteiger partial charge in [-0.3, -0.25) is 9.36 Å². The fourth-order valence-corrected chi connectivity index (χ4v) is 3.18. The molecule has 3 aromatic heterocycles. The maximum absolute atomic E-state index is 11.9. The van der Waals surface area contributed by atoms with E-state index >= 15 is 0 Å². The SMILES string of the molecule is O=c1c(I)cncn1Cc1nc(Cl)c2ccsc2n1. The predicted octanol–water partition coefficient (Wildman–Crippen LogP) is 2.55. The number of thiophene rings is 1. The number of hydrogen-bond acceptors (Lipinski definition) is 5. The highest BCUT2D eigenvalue weighted by Crippen LogP contribution is 2.24. The number of rotatable bonds is 2. The van der Waals surface area contributed by atoms with Crippen molar-refractivity contribution >= 4 is 55.7 Å². The molecule has 0 unspecified atom stereocenters. The van der Waals surface area contributed by atoms with Crippen molar-refractivity contribution in [1.29, 1.82) is 0 Å². The van der Waals surface area contributed by atoms with Crippen LogP contribution in [0.2, 0.25) is 5.15 Å². The van der Waals surface area contributed by atoms with Crippen LogP contribution in [-0.2, 0) is 6.54 Å². The fourth-order valence-electron chi connectivity index (χ4n) is 1.62. The summed E-state index contributed by atoms with van der Waals surface area (Å²) in [5.41, 5.74) is -0.110. The van der Waals surface area contributed by atoms with Gasteiger partial charge >= 0.3 is 0 Å². The topological polar surface area (TPSA) is 60.7 Å². The lowest BCUT2D eigenvalue weighted by atomic mass is 10.4. The molecule has 3 aromatic rings. The maximum atomic E-state index is 11.9. The molecule has 96 valence electrons. The fraction of sp³-hybridized carbons (Fsp3) is 0.0909. The highest BCUT2D eigenvalue weighted by molar-refractivity contribution is 14.1. The van der Waals surface area contributed by atoms with Crippen LogP contribution in [0.25, 0.3) is 10.2 Å². The van der Waals surface area contributed by atoms with E-state index in [0.29, 0.717) is 14.5 Å². The van der Waals surface area contributed by atoms with Gasteiger partial charge in [-0.05, 0) is 34.0 Å². The molecule has 8 heteroatoms. The molecule has 0 atom stereocenters. The van der Waals surface area contributed by atoms with E-state index in [0.717, 1.165) is 10.2 Å². The molecule has 0 saturated heterocycles. The van der Waals surface area contributed by atoms with Crippen LogP contribution in [0.3, 0.4) is 0 Å². The standard InChI is InChI=1S/C11H6ClIN4OS/c12-9-6-1-2-19-10(6)16-8(15-9)4-17-5-14-3-7(13)11(17)18/h1-3,5H,4H2. The molecule has 19 heavy (non-hydrogen) atoms. The Labute approximate surface area is 130 Å². The molecule has 3 rings (SSSR count). The molecule has 0 saturated carbocycles. The second kappa shape index (κ2) is 5.14. The Kier molecular flexibility index (Phi) is 3.50. The van der Waals surface area contributed by atoms with Crippen LogP contribution in [0.15, 0.2) is 28.8 Å². The molecule has 0 aromatic carbocycles. The Morgan fingerprint density at radius 1 is 1.42 bits per heavy atom. The van der Waals surface area contributed by atoms with Gasteiger partial charge in [0.2, 0.25) is 0 Å². The lowest BCUT2D eigenvalue weighted by Gasteiger charge is -2.05. The van der Waals surface area contributed by atoms with E-state index in [4.69, 9.17) is 11.6 Å². The van der Waals surface area contributed by atoms with Crippen molar-refractivity contribution < 1.29 is 0 Å². The van der Waals surface area contributed by atoms with E-state index in [-0.39, 0.29) is 12.1 Å². The zero-order valence-corrected chi connectivity index (χ0v) is 13.1. The van der Waals surface area contributed by atoms with Crippen LogP contribution in [0.4, 0.5) is 0 Å². The summed E-state index contributed by atoms with van der Waals surface area (Å²) in [4.78, 5) is 25.3. The van der Waals surface area contributed by atoms with Crippen molar-refractivity contribution in [2.24, 2.45) is 0 Å². The highest BCUT2D eigenvalue weighted by atomic mass is 127. The van der Waals surface area contributed by atoms with Gasteiger partial charge in [0.25, 0.3) is 5.56 Å². The van der Waals surface area contributed by atoms with Gasteiger partial charge in [-0.1, -0.05) is 11.6 Å². The molecular formula is C11H6ClIN4OS. The lowest BCUT2D eigenvalue weighted by Crippen LogP contribution is -2.23. The van der Waals surface area contributed by atoms with Crippen LogP contribution < -0.4 is 5.56 Å². The molecule has 0 spiro atoms. The third kappa shape index (κ3) is 2.49. The molecule has 0 aliphatic carbocycles. The number of aromatic nitrogens is 4. The maximum Gasteiger partial charge on any atom is 0.267 e. The first kappa shape index (κ1) is 12.9. The Bertz CT molecular complexity index is 816. The summed E-state index contributed by atoms with van der Waals surface area (Å²) in [7, 11) is 0. The van der Waals surface area contributed by atoms with Gasteiger partial charge in [-0.2, -0.15) is 0 Å². The summed E-state index contributed by atoms with van der Waals surface area (Å²) in [6.45, 7) is 0.260. The van der Waals surface area contributed by atoms with Crippen LogP contribution in [0.1, 0.15) is 5.82 Å². The molecule has 0 bridgehead atoms. The number of hydrogen-bond donors (Lipinski definition) is 0. The van der Waals surface area contributed by atoms with Crippen molar-refractivity contribution in [3.8, 4) is 0 Å². The first-order valence-electron chi connectivity index (χ1n) is 5.25. The summed E-state index contributed by atoms with van der Waals surface area (Å²) < 4.78 is 2.02. The van der Waals surface area contributed by atoms with Crippen molar-refractivity contribution in [1.82, 2.24) is 19.5 Å². The third-order valence-corrected chi connectivity index (χ3v) is 4.33. The second-order valence-electron chi connectivity index (χ2n) is 3.74. The first-order chi connectivity index (χ1) is 9.15. The molecule has 0 radical (unpaired) electrons. The predicted molar refractivity (Wildman–Crippen MR) is 82.7 cm³/mol. The van der Waals surface area contributed by atoms with E-state index in [9.17, 15) is 4.79 Å². The van der Waals surface area contributed by atoms with Gasteiger partial charge in [-0.25, -0.2) is 15.0 Å². The average Bonchev–Trinajstić information content (AvgIpc) is 2.84. The Balaban J connectivity index is 2.06. The quantitative estimate of drug-likeness (QED) is 0.486. The molecule has 0 aliphatic heterocycles. The van der Waals surface area contributed by atoms with Crippen molar-refractivity contribution in [2.75, 3.05) is 0 Å². The first-order valence-corrected chi connectivity index (χ1v) is 7.58. The zero-order chi connectivity index (χ0) is 13.4. The Morgan fingerprint density at radius 3 is 3.11 bits per heavy atom. The second-order valence-corrected chi connectivity index (χ2v) is 6.16. The van der Waals surface area contributed by atoms with Gasteiger partial charge in [0.1, 0.15) is 9.98 Å². The Hall–Kier alpha value is -1.06. The smallest absolute Gasteiger partial charge is 0.267 e. The van der Waals surface area contributed by atoms with Crippen LogP contribution in [0, 0.1) is 3.57 Å². The minimum atomic E-state index is -0.110. The van der Waals surface area contributed by atoms with Gasteiger partial charge in [0, 0.05) is 11.6 Å². The Morgan fingerprint density at radius 2 is 2.26 bits per heavy atom. The molecule has 5 nitrogen and oxygen atoms in total. The van der Waals surface area contributed by atoms with Crippen LogP contribution in [0.5, 0.6) is 0 Å². The van der Waals surface area contributed by atoms with Gasteiger partial charge in [0.15, 0.2) is 5.82 Å². The van der Waals surface area contributed by atoms with E-state index in [1.54, 1.807) is 0 Å². The van der Waals surface area contributed by atoms with E-state index in [2.05, 4.69) is 15.0 Å². The van der Waals surface area contributed by atoms with Crippen molar-refractivity contribution in [3.05, 3.63) is 48.9 Å². The van der Waals surface area contributed by atoms with Gasteiger partial charge in [-0.15, -0.1) is 11.3 Å². The zero-order valence-electron chi connectivity index (χ0n) is 9.38. The molecule has 0 fully saturated rings. The third-order valence-electron chi connectivity index (χ3n) is 2.50. The number of halogens is 2. The molecule has 0 amide bonds. The molecule has 0 N–H and O–H groups in total. The van der Waals surface area contributed by atoms with Crippen LogP contribution in [-0.4, -0.2) is 19.5 Å². The number of nitrogens with zero attached hydrogens (tertiary/aromatic N) is 4.